The molecule has 0 radical (unpaired) electrons. The average molecular weight is 285 g/mol. The highest BCUT2D eigenvalue weighted by Crippen LogP contribution is 2.34. The number of benzene rings is 1. The first kappa shape index (κ1) is 14.6. The van der Waals surface area contributed by atoms with Gasteiger partial charge in [0, 0.05) is 29.2 Å². The number of nitrogens with one attached hydrogen (secondary N) is 1. The third-order valence-electron chi connectivity index (χ3n) is 4.61. The van der Waals surface area contributed by atoms with Crippen LogP contribution in [0.4, 0.5) is 0 Å². The van der Waals surface area contributed by atoms with Crippen molar-refractivity contribution in [3.8, 4) is 0 Å². The maximum absolute atomic E-state index is 3.69. The van der Waals surface area contributed by atoms with Crippen molar-refractivity contribution in [3.05, 3.63) is 35.5 Å². The number of hydrogen-bond donors (Lipinski definition) is 1. The summed E-state index contributed by atoms with van der Waals surface area (Å²) in [6.07, 6.45) is 3.53. The summed E-state index contributed by atoms with van der Waals surface area (Å²) in [5.41, 5.74) is 4.55. The summed E-state index contributed by atoms with van der Waals surface area (Å²) >= 11 is 0. The van der Waals surface area contributed by atoms with Crippen LogP contribution in [0.2, 0.25) is 0 Å². The smallest absolute Gasteiger partial charge is 0.0485 e. The summed E-state index contributed by atoms with van der Waals surface area (Å²) in [5, 5.41) is 5.16. The van der Waals surface area contributed by atoms with Crippen LogP contribution in [0.5, 0.6) is 0 Å². The molecule has 114 valence electrons. The van der Waals surface area contributed by atoms with Gasteiger partial charge in [0.1, 0.15) is 0 Å². The Morgan fingerprint density at radius 2 is 2.10 bits per heavy atom. The number of aryl methyl sites for hydroxylation is 1. The predicted octanol–water partition coefficient (Wildman–Crippen LogP) is 3.19. The zero-order chi connectivity index (χ0) is 14.8. The van der Waals surface area contributed by atoms with Crippen molar-refractivity contribution in [1.29, 1.82) is 0 Å². The Hall–Kier alpha value is -1.32. The quantitative estimate of drug-likeness (QED) is 0.910. The standard InChI is InChI=1S/C18H27N3/c1-4-16-18-15(10-11-19-16)14-8-5-6-9-17(14)21(18)13-7-12-20(2)3/h5-6,8-9,16,19H,4,7,10-13H2,1-3H3. The second-order valence-corrected chi connectivity index (χ2v) is 6.35. The number of fused-ring (bicyclic) bond motifs is 3. The van der Waals surface area contributed by atoms with E-state index >= 15 is 0 Å². The fourth-order valence-corrected chi connectivity index (χ4v) is 3.65. The second-order valence-electron chi connectivity index (χ2n) is 6.35. The SMILES string of the molecule is CCC1NCCc2c1n(CCCN(C)C)c1ccccc21. The molecule has 0 saturated carbocycles. The molecule has 1 aliphatic rings. The van der Waals surface area contributed by atoms with E-state index in [1.165, 1.54) is 17.3 Å². The fraction of sp³-hybridized carbons (Fsp3) is 0.556. The van der Waals surface area contributed by atoms with Crippen LogP contribution < -0.4 is 5.32 Å². The van der Waals surface area contributed by atoms with Crippen LogP contribution in [-0.4, -0.2) is 36.7 Å². The lowest BCUT2D eigenvalue weighted by molar-refractivity contribution is 0.380. The Labute approximate surface area is 127 Å². The van der Waals surface area contributed by atoms with Gasteiger partial charge in [-0.05, 0) is 58.1 Å². The van der Waals surface area contributed by atoms with E-state index < -0.39 is 0 Å². The highest BCUT2D eigenvalue weighted by Gasteiger charge is 2.25. The summed E-state index contributed by atoms with van der Waals surface area (Å²) < 4.78 is 2.58. The molecule has 0 bridgehead atoms. The molecular weight excluding hydrogens is 258 g/mol. The number of aromatic nitrogens is 1. The van der Waals surface area contributed by atoms with Gasteiger partial charge in [0.05, 0.1) is 0 Å². The monoisotopic (exact) mass is 285 g/mol. The molecule has 3 rings (SSSR count). The number of rotatable bonds is 5. The molecule has 0 spiro atoms. The lowest BCUT2D eigenvalue weighted by Gasteiger charge is -2.26. The Morgan fingerprint density at radius 1 is 1.29 bits per heavy atom. The van der Waals surface area contributed by atoms with Crippen LogP contribution in [0.1, 0.15) is 37.1 Å². The summed E-state index contributed by atoms with van der Waals surface area (Å²) in [6.45, 7) is 5.66. The van der Waals surface area contributed by atoms with Crippen molar-refractivity contribution in [3.63, 3.8) is 0 Å². The molecule has 1 atom stereocenters. The van der Waals surface area contributed by atoms with Gasteiger partial charge < -0.3 is 14.8 Å². The molecule has 3 nitrogen and oxygen atoms in total. The Bertz CT molecular complexity index is 612. The Morgan fingerprint density at radius 3 is 2.86 bits per heavy atom. The highest BCUT2D eigenvalue weighted by molar-refractivity contribution is 5.86. The van der Waals surface area contributed by atoms with Crippen molar-refractivity contribution >= 4 is 10.9 Å². The number of hydrogen-bond acceptors (Lipinski definition) is 2. The molecular formula is C18H27N3. The summed E-state index contributed by atoms with van der Waals surface area (Å²) in [5.74, 6) is 0. The average Bonchev–Trinajstić information content (AvgIpc) is 2.82. The first-order valence-corrected chi connectivity index (χ1v) is 8.20. The van der Waals surface area contributed by atoms with Gasteiger partial charge in [0.2, 0.25) is 0 Å². The number of para-hydroxylation sites is 1. The zero-order valence-electron chi connectivity index (χ0n) is 13.5. The van der Waals surface area contributed by atoms with Gasteiger partial charge in [0.15, 0.2) is 0 Å². The van der Waals surface area contributed by atoms with Crippen molar-refractivity contribution in [2.45, 2.75) is 38.8 Å². The van der Waals surface area contributed by atoms with Crippen molar-refractivity contribution in [2.75, 3.05) is 27.2 Å². The van der Waals surface area contributed by atoms with E-state index in [9.17, 15) is 0 Å². The first-order valence-electron chi connectivity index (χ1n) is 8.20. The molecule has 0 fully saturated rings. The van der Waals surface area contributed by atoms with Gasteiger partial charge in [0.25, 0.3) is 0 Å². The summed E-state index contributed by atoms with van der Waals surface area (Å²) in [4.78, 5) is 2.27. The Balaban J connectivity index is 2.03. The van der Waals surface area contributed by atoms with Gasteiger partial charge in [-0.1, -0.05) is 25.1 Å². The lowest BCUT2D eigenvalue weighted by Crippen LogP contribution is -2.31. The van der Waals surface area contributed by atoms with Crippen molar-refractivity contribution in [2.24, 2.45) is 0 Å². The summed E-state index contributed by atoms with van der Waals surface area (Å²) in [6, 6.07) is 9.45. The Kier molecular flexibility index (Phi) is 4.32. The van der Waals surface area contributed by atoms with Crippen molar-refractivity contribution < 1.29 is 0 Å². The maximum atomic E-state index is 3.69. The van der Waals surface area contributed by atoms with E-state index in [4.69, 9.17) is 0 Å². The van der Waals surface area contributed by atoms with E-state index in [-0.39, 0.29) is 0 Å². The molecule has 1 aliphatic heterocycles. The van der Waals surface area contributed by atoms with Crippen LogP contribution in [-0.2, 0) is 13.0 Å². The maximum Gasteiger partial charge on any atom is 0.0485 e. The van der Waals surface area contributed by atoms with Gasteiger partial charge >= 0.3 is 0 Å². The predicted molar refractivity (Wildman–Crippen MR) is 89.8 cm³/mol. The highest BCUT2D eigenvalue weighted by atomic mass is 15.1. The van der Waals surface area contributed by atoms with E-state index in [2.05, 4.69) is 60.1 Å². The van der Waals surface area contributed by atoms with Crippen LogP contribution in [0.15, 0.2) is 24.3 Å². The minimum Gasteiger partial charge on any atom is -0.343 e. The van der Waals surface area contributed by atoms with Crippen LogP contribution in [0, 0.1) is 0 Å². The van der Waals surface area contributed by atoms with Crippen LogP contribution in [0.25, 0.3) is 10.9 Å². The second kappa shape index (κ2) is 6.20. The van der Waals surface area contributed by atoms with E-state index in [1.54, 1.807) is 11.3 Å². The molecule has 2 heterocycles. The molecule has 3 heteroatoms. The molecule has 21 heavy (non-hydrogen) atoms. The topological polar surface area (TPSA) is 20.2 Å². The minimum absolute atomic E-state index is 0.514. The lowest BCUT2D eigenvalue weighted by atomic mass is 9.98. The van der Waals surface area contributed by atoms with Gasteiger partial charge in [-0.2, -0.15) is 0 Å². The molecule has 1 unspecified atom stereocenters. The molecule has 2 aromatic rings. The number of nitrogens with zero attached hydrogens (tertiary/aromatic N) is 2. The third-order valence-corrected chi connectivity index (χ3v) is 4.61. The molecule has 1 aromatic heterocycles. The van der Waals surface area contributed by atoms with Crippen molar-refractivity contribution in [1.82, 2.24) is 14.8 Å². The van der Waals surface area contributed by atoms with Crippen LogP contribution >= 0.6 is 0 Å². The summed E-state index contributed by atoms with van der Waals surface area (Å²) in [7, 11) is 4.30. The van der Waals surface area contributed by atoms with Crippen LogP contribution in [0.3, 0.4) is 0 Å². The minimum atomic E-state index is 0.514. The van der Waals surface area contributed by atoms with Gasteiger partial charge in [-0.25, -0.2) is 0 Å². The van der Waals surface area contributed by atoms with E-state index in [0.29, 0.717) is 6.04 Å². The molecule has 0 aliphatic carbocycles. The molecule has 1 N–H and O–H groups in total. The molecule has 1 aromatic carbocycles. The largest absolute Gasteiger partial charge is 0.343 e. The van der Waals surface area contributed by atoms with Gasteiger partial charge in [-0.3, -0.25) is 0 Å². The third kappa shape index (κ3) is 2.72. The zero-order valence-corrected chi connectivity index (χ0v) is 13.5. The fourth-order valence-electron chi connectivity index (χ4n) is 3.65. The van der Waals surface area contributed by atoms with E-state index in [0.717, 1.165) is 32.5 Å². The molecule has 0 saturated heterocycles. The van der Waals surface area contributed by atoms with E-state index in [1.807, 2.05) is 0 Å². The van der Waals surface area contributed by atoms with Gasteiger partial charge in [-0.15, -0.1) is 0 Å². The molecule has 0 amide bonds. The first-order chi connectivity index (χ1) is 10.2. The normalized spacial score (nSPS) is 18.4.